The van der Waals surface area contributed by atoms with Crippen molar-refractivity contribution in [3.05, 3.63) is 0 Å². The van der Waals surface area contributed by atoms with E-state index in [9.17, 15) is 9.59 Å². The summed E-state index contributed by atoms with van der Waals surface area (Å²) in [6, 6.07) is -0.874. The van der Waals surface area contributed by atoms with Crippen LogP contribution in [0.15, 0.2) is 0 Å². The molecule has 0 saturated heterocycles. The number of carbonyl (C=O) groups excluding carboxylic acids is 2. The molecule has 0 aliphatic heterocycles. The van der Waals surface area contributed by atoms with Gasteiger partial charge in [-0.25, -0.2) is 9.59 Å². The van der Waals surface area contributed by atoms with Crippen molar-refractivity contribution in [3.63, 3.8) is 0 Å². The van der Waals surface area contributed by atoms with Crippen LogP contribution in [-0.2, 0) is 9.53 Å². The zero-order valence-corrected chi connectivity index (χ0v) is 11.0. The van der Waals surface area contributed by atoms with Gasteiger partial charge in [0.05, 0.1) is 7.11 Å². The van der Waals surface area contributed by atoms with E-state index in [4.69, 9.17) is 0 Å². The molecule has 0 radical (unpaired) electrons. The second-order valence-corrected chi connectivity index (χ2v) is 4.62. The fraction of sp³-hybridized carbons (Fsp3) is 0.800. The fourth-order valence-corrected chi connectivity index (χ4v) is 1.56. The molecule has 94 valence electrons. The number of urea groups is 1. The summed E-state index contributed by atoms with van der Waals surface area (Å²) in [6.45, 7) is 3.71. The first kappa shape index (κ1) is 15.1. The molecule has 0 saturated carbocycles. The van der Waals surface area contributed by atoms with E-state index in [1.165, 1.54) is 7.11 Å². The molecule has 1 atom stereocenters. The summed E-state index contributed by atoms with van der Waals surface area (Å²) >= 11 is 1.62. The smallest absolute Gasteiger partial charge is 0.328 e. The van der Waals surface area contributed by atoms with Gasteiger partial charge in [-0.15, -0.1) is 0 Å². The Morgan fingerprint density at radius 3 is 2.38 bits per heavy atom. The van der Waals surface area contributed by atoms with E-state index in [0.717, 1.165) is 5.75 Å². The number of carbonyl (C=O) groups is 2. The van der Waals surface area contributed by atoms with Crippen molar-refractivity contribution >= 4 is 23.8 Å². The Balaban J connectivity index is 4.19. The molecule has 0 unspecified atom stereocenters. The van der Waals surface area contributed by atoms with E-state index in [1.807, 2.05) is 20.1 Å². The van der Waals surface area contributed by atoms with Crippen LogP contribution in [0.5, 0.6) is 0 Å². The zero-order valence-electron chi connectivity index (χ0n) is 10.2. The molecular weight excluding hydrogens is 228 g/mol. The van der Waals surface area contributed by atoms with Crippen LogP contribution in [0.3, 0.4) is 0 Å². The number of amides is 2. The summed E-state index contributed by atoms with van der Waals surface area (Å²) in [5.74, 6) is 0.384. The Labute approximate surface area is 101 Å². The number of hydrogen-bond donors (Lipinski definition) is 2. The van der Waals surface area contributed by atoms with Gasteiger partial charge in [-0.3, -0.25) is 0 Å². The summed E-state index contributed by atoms with van der Waals surface area (Å²) in [6.07, 6.45) is 2.52. The Kier molecular flexibility index (Phi) is 7.80. The third kappa shape index (κ3) is 6.55. The quantitative estimate of drug-likeness (QED) is 0.688. The predicted octanol–water partition coefficient (Wildman–Crippen LogP) is 0.989. The lowest BCUT2D eigenvalue weighted by molar-refractivity contribution is -0.142. The lowest BCUT2D eigenvalue weighted by atomic mass is 10.2. The summed E-state index contributed by atoms with van der Waals surface area (Å²) < 4.78 is 4.62. The second kappa shape index (κ2) is 8.27. The molecule has 0 fully saturated rings. The molecule has 0 aromatic carbocycles. The molecule has 5 nitrogen and oxygen atoms in total. The minimum absolute atomic E-state index is 0.0406. The molecule has 0 aliphatic carbocycles. The largest absolute Gasteiger partial charge is 0.467 e. The Morgan fingerprint density at radius 2 is 1.94 bits per heavy atom. The Morgan fingerprint density at radius 1 is 1.31 bits per heavy atom. The van der Waals surface area contributed by atoms with E-state index in [-0.39, 0.29) is 12.1 Å². The summed E-state index contributed by atoms with van der Waals surface area (Å²) in [4.78, 5) is 22.8. The maximum atomic E-state index is 11.4. The molecule has 0 rings (SSSR count). The molecule has 0 aromatic rings. The van der Waals surface area contributed by atoms with Gasteiger partial charge in [0.1, 0.15) is 6.04 Å². The highest BCUT2D eigenvalue weighted by molar-refractivity contribution is 7.98. The molecule has 6 heteroatoms. The van der Waals surface area contributed by atoms with Crippen LogP contribution in [0.25, 0.3) is 0 Å². The number of methoxy groups -OCH3 is 1. The van der Waals surface area contributed by atoms with Gasteiger partial charge in [-0.1, -0.05) is 0 Å². The Bertz CT molecular complexity index is 234. The van der Waals surface area contributed by atoms with Gasteiger partial charge in [0.15, 0.2) is 0 Å². The van der Waals surface area contributed by atoms with E-state index in [1.54, 1.807) is 11.8 Å². The number of hydrogen-bond acceptors (Lipinski definition) is 4. The maximum absolute atomic E-state index is 11.4. The number of esters is 1. The fourth-order valence-electron chi connectivity index (χ4n) is 1.09. The highest BCUT2D eigenvalue weighted by atomic mass is 32.2. The van der Waals surface area contributed by atoms with Crippen LogP contribution in [0.1, 0.15) is 20.3 Å². The van der Waals surface area contributed by atoms with Crippen LogP contribution in [0, 0.1) is 0 Å². The minimum atomic E-state index is -0.573. The highest BCUT2D eigenvalue weighted by Gasteiger charge is 2.20. The van der Waals surface area contributed by atoms with E-state index in [0.29, 0.717) is 6.42 Å². The third-order valence-corrected chi connectivity index (χ3v) is 2.47. The molecule has 0 bridgehead atoms. The van der Waals surface area contributed by atoms with Gasteiger partial charge in [0.2, 0.25) is 0 Å². The monoisotopic (exact) mass is 248 g/mol. The number of thioether (sulfide) groups is 1. The van der Waals surface area contributed by atoms with Crippen molar-refractivity contribution in [3.8, 4) is 0 Å². The van der Waals surface area contributed by atoms with E-state index in [2.05, 4.69) is 15.4 Å². The van der Waals surface area contributed by atoms with Crippen LogP contribution >= 0.6 is 11.8 Å². The van der Waals surface area contributed by atoms with Crippen LogP contribution in [0.4, 0.5) is 4.79 Å². The molecule has 2 N–H and O–H groups in total. The van der Waals surface area contributed by atoms with Gasteiger partial charge >= 0.3 is 12.0 Å². The van der Waals surface area contributed by atoms with Gasteiger partial charge in [0.25, 0.3) is 0 Å². The van der Waals surface area contributed by atoms with Crippen LogP contribution in [0.2, 0.25) is 0 Å². The normalized spacial score (nSPS) is 12.1. The van der Waals surface area contributed by atoms with Crippen LogP contribution < -0.4 is 10.6 Å². The lowest BCUT2D eigenvalue weighted by Gasteiger charge is -2.17. The highest BCUT2D eigenvalue weighted by Crippen LogP contribution is 2.02. The SMILES string of the molecule is COC(=O)[C@H](CCSC)NC(=O)NC(C)C. The Hall–Kier alpha value is -0.910. The van der Waals surface area contributed by atoms with Crippen molar-refractivity contribution in [1.29, 1.82) is 0 Å². The average molecular weight is 248 g/mol. The van der Waals surface area contributed by atoms with E-state index < -0.39 is 12.0 Å². The van der Waals surface area contributed by atoms with Gasteiger partial charge < -0.3 is 15.4 Å². The van der Waals surface area contributed by atoms with Crippen molar-refractivity contribution in [2.24, 2.45) is 0 Å². The zero-order chi connectivity index (χ0) is 12.6. The molecule has 0 spiro atoms. The molecule has 2 amide bonds. The first-order valence-corrected chi connectivity index (χ1v) is 6.54. The average Bonchev–Trinajstić information content (AvgIpc) is 2.21. The molecule has 0 heterocycles. The van der Waals surface area contributed by atoms with Crippen LogP contribution in [-0.4, -0.2) is 43.2 Å². The van der Waals surface area contributed by atoms with Gasteiger partial charge in [-0.05, 0) is 32.3 Å². The molecular formula is C10H20N2O3S. The number of rotatable bonds is 6. The third-order valence-electron chi connectivity index (χ3n) is 1.82. The standard InChI is InChI=1S/C10H20N2O3S/c1-7(2)11-10(14)12-8(5-6-16-4)9(13)15-3/h7-8H,5-6H2,1-4H3,(H2,11,12,14)/t8-/m0/s1. The van der Waals surface area contributed by atoms with Crippen molar-refractivity contribution in [1.82, 2.24) is 10.6 Å². The summed E-state index contributed by atoms with van der Waals surface area (Å²) in [7, 11) is 1.32. The number of ether oxygens (including phenoxy) is 1. The van der Waals surface area contributed by atoms with Crippen molar-refractivity contribution in [2.75, 3.05) is 19.1 Å². The second-order valence-electron chi connectivity index (χ2n) is 3.63. The van der Waals surface area contributed by atoms with Crippen molar-refractivity contribution < 1.29 is 14.3 Å². The minimum Gasteiger partial charge on any atom is -0.467 e. The lowest BCUT2D eigenvalue weighted by Crippen LogP contribution is -2.48. The summed E-state index contributed by atoms with van der Waals surface area (Å²) in [5, 5.41) is 5.26. The first-order chi connectivity index (χ1) is 7.51. The first-order valence-electron chi connectivity index (χ1n) is 5.15. The van der Waals surface area contributed by atoms with Crippen molar-refractivity contribution in [2.45, 2.75) is 32.4 Å². The molecule has 0 aromatic heterocycles. The molecule has 0 aliphatic rings. The maximum Gasteiger partial charge on any atom is 0.328 e. The summed E-state index contributed by atoms with van der Waals surface area (Å²) in [5.41, 5.74) is 0. The molecule has 16 heavy (non-hydrogen) atoms. The predicted molar refractivity (Wildman–Crippen MR) is 65.6 cm³/mol. The van der Waals surface area contributed by atoms with E-state index >= 15 is 0 Å². The number of nitrogens with one attached hydrogen (secondary N) is 2. The topological polar surface area (TPSA) is 67.4 Å². The van der Waals surface area contributed by atoms with Gasteiger partial charge in [0, 0.05) is 6.04 Å². The van der Waals surface area contributed by atoms with Gasteiger partial charge in [-0.2, -0.15) is 11.8 Å².